The Bertz CT molecular complexity index is 1210. The van der Waals surface area contributed by atoms with E-state index in [2.05, 4.69) is 15.5 Å². The zero-order valence-electron chi connectivity index (χ0n) is 16.5. The summed E-state index contributed by atoms with van der Waals surface area (Å²) in [7, 11) is 0. The monoisotopic (exact) mass is 440 g/mol. The van der Waals surface area contributed by atoms with Gasteiger partial charge in [0.05, 0.1) is 24.2 Å². The van der Waals surface area contributed by atoms with E-state index in [0.717, 1.165) is 35.0 Å². The zero-order valence-corrected chi connectivity index (χ0v) is 17.3. The minimum absolute atomic E-state index is 0.0269. The number of amides is 1. The third-order valence-electron chi connectivity index (χ3n) is 4.42. The van der Waals surface area contributed by atoms with Crippen molar-refractivity contribution in [1.29, 1.82) is 0 Å². The maximum absolute atomic E-state index is 13.8. The lowest BCUT2D eigenvalue weighted by molar-refractivity contribution is -0.113. The molecule has 0 bridgehead atoms. The van der Waals surface area contributed by atoms with Crippen LogP contribution in [-0.2, 0) is 11.3 Å². The van der Waals surface area contributed by atoms with Crippen molar-refractivity contribution < 1.29 is 18.0 Å². The number of benzene rings is 2. The summed E-state index contributed by atoms with van der Waals surface area (Å²) < 4.78 is 34.1. The number of rotatable bonds is 7. The van der Waals surface area contributed by atoms with E-state index in [0.29, 0.717) is 23.3 Å². The number of furan rings is 1. The van der Waals surface area contributed by atoms with Crippen molar-refractivity contribution in [2.24, 2.45) is 0 Å². The van der Waals surface area contributed by atoms with Crippen LogP contribution in [0.4, 0.5) is 14.5 Å². The Hall–Kier alpha value is -3.46. The van der Waals surface area contributed by atoms with Gasteiger partial charge in [-0.25, -0.2) is 8.78 Å². The summed E-state index contributed by atoms with van der Waals surface area (Å²) in [6.45, 7) is 2.38. The van der Waals surface area contributed by atoms with Crippen molar-refractivity contribution in [2.45, 2.75) is 18.6 Å². The minimum Gasteiger partial charge on any atom is -0.467 e. The molecule has 1 N–H and O–H groups in total. The molecule has 0 spiro atoms. The fourth-order valence-electron chi connectivity index (χ4n) is 3.00. The quantitative estimate of drug-likeness (QED) is 0.414. The Balaban J connectivity index is 1.54. The summed E-state index contributed by atoms with van der Waals surface area (Å²) in [5.41, 5.74) is 1.90. The van der Waals surface area contributed by atoms with E-state index in [1.54, 1.807) is 12.3 Å². The SMILES string of the molecule is Cc1cccc(-c2nnc(SCC(=O)Nc3ccc(F)cc3F)n2Cc2ccco2)c1. The van der Waals surface area contributed by atoms with Gasteiger partial charge in [-0.15, -0.1) is 10.2 Å². The summed E-state index contributed by atoms with van der Waals surface area (Å²) in [4.78, 5) is 12.3. The Kier molecular flexibility index (Phi) is 6.13. The fraction of sp³-hybridized carbons (Fsp3) is 0.136. The first-order valence-corrected chi connectivity index (χ1v) is 10.4. The average molecular weight is 440 g/mol. The van der Waals surface area contributed by atoms with Crippen LogP contribution in [0.2, 0.25) is 0 Å². The third-order valence-corrected chi connectivity index (χ3v) is 5.39. The van der Waals surface area contributed by atoms with Crippen LogP contribution in [0, 0.1) is 18.6 Å². The normalized spacial score (nSPS) is 10.9. The number of carbonyl (C=O) groups excluding carboxylic acids is 1. The van der Waals surface area contributed by atoms with Gasteiger partial charge in [-0.2, -0.15) is 0 Å². The van der Waals surface area contributed by atoms with E-state index < -0.39 is 17.5 Å². The second kappa shape index (κ2) is 9.13. The van der Waals surface area contributed by atoms with E-state index in [1.807, 2.05) is 41.8 Å². The molecule has 2 heterocycles. The number of hydrogen-bond donors (Lipinski definition) is 1. The second-order valence-corrected chi connectivity index (χ2v) is 7.74. The summed E-state index contributed by atoms with van der Waals surface area (Å²) in [6.07, 6.45) is 1.59. The highest BCUT2D eigenvalue weighted by molar-refractivity contribution is 7.99. The van der Waals surface area contributed by atoms with Crippen LogP contribution in [0.25, 0.3) is 11.4 Å². The number of hydrogen-bond acceptors (Lipinski definition) is 5. The standard InChI is InChI=1S/C22H18F2N4O2S/c1-14-4-2-5-15(10-14)21-26-27-22(28(21)12-17-6-3-9-30-17)31-13-20(29)25-19-8-7-16(23)11-18(19)24/h2-11H,12-13H2,1H3,(H,25,29). The number of thioether (sulfide) groups is 1. The number of aryl methyl sites for hydroxylation is 1. The van der Waals surface area contributed by atoms with E-state index in [1.165, 1.54) is 6.07 Å². The lowest BCUT2D eigenvalue weighted by Gasteiger charge is -2.10. The van der Waals surface area contributed by atoms with Crippen molar-refractivity contribution >= 4 is 23.4 Å². The smallest absolute Gasteiger partial charge is 0.234 e. The van der Waals surface area contributed by atoms with Crippen molar-refractivity contribution in [2.75, 3.05) is 11.1 Å². The first-order chi connectivity index (χ1) is 15.0. The van der Waals surface area contributed by atoms with E-state index >= 15 is 0 Å². The first-order valence-electron chi connectivity index (χ1n) is 9.40. The number of aromatic nitrogens is 3. The Morgan fingerprint density at radius 1 is 1.13 bits per heavy atom. The molecule has 0 unspecified atom stereocenters. The van der Waals surface area contributed by atoms with Gasteiger partial charge >= 0.3 is 0 Å². The lowest BCUT2D eigenvalue weighted by Crippen LogP contribution is -2.16. The first kappa shape index (κ1) is 20.8. The second-order valence-electron chi connectivity index (χ2n) is 6.80. The van der Waals surface area contributed by atoms with Crippen LogP contribution in [0.3, 0.4) is 0 Å². The summed E-state index contributed by atoms with van der Waals surface area (Å²) in [6, 6.07) is 14.5. The molecule has 0 aliphatic heterocycles. The van der Waals surface area contributed by atoms with Gasteiger partial charge in [0, 0.05) is 11.6 Å². The lowest BCUT2D eigenvalue weighted by atomic mass is 10.1. The van der Waals surface area contributed by atoms with Crippen LogP contribution in [0.1, 0.15) is 11.3 Å². The molecule has 0 saturated carbocycles. The molecule has 0 atom stereocenters. The molecule has 6 nitrogen and oxygen atoms in total. The van der Waals surface area contributed by atoms with E-state index in [4.69, 9.17) is 4.42 Å². The Labute approximate surface area is 181 Å². The molecule has 0 aliphatic rings. The highest BCUT2D eigenvalue weighted by Gasteiger charge is 2.17. The maximum Gasteiger partial charge on any atom is 0.234 e. The van der Waals surface area contributed by atoms with Crippen LogP contribution in [-0.4, -0.2) is 26.4 Å². The third kappa shape index (κ3) is 5.00. The molecule has 158 valence electrons. The summed E-state index contributed by atoms with van der Waals surface area (Å²) >= 11 is 1.16. The van der Waals surface area contributed by atoms with Crippen molar-refractivity contribution in [3.8, 4) is 11.4 Å². The summed E-state index contributed by atoms with van der Waals surface area (Å²) in [5.74, 6) is -0.650. The molecule has 0 aliphatic carbocycles. The zero-order chi connectivity index (χ0) is 21.8. The Morgan fingerprint density at radius 3 is 2.74 bits per heavy atom. The maximum atomic E-state index is 13.8. The van der Waals surface area contributed by atoms with Gasteiger partial charge in [-0.3, -0.25) is 9.36 Å². The summed E-state index contributed by atoms with van der Waals surface area (Å²) in [5, 5.41) is 11.5. The van der Waals surface area contributed by atoms with E-state index in [-0.39, 0.29) is 11.4 Å². The largest absolute Gasteiger partial charge is 0.467 e. The van der Waals surface area contributed by atoms with Gasteiger partial charge in [0.15, 0.2) is 11.0 Å². The highest BCUT2D eigenvalue weighted by Crippen LogP contribution is 2.26. The number of nitrogens with zero attached hydrogens (tertiary/aromatic N) is 3. The van der Waals surface area contributed by atoms with Crippen LogP contribution >= 0.6 is 11.8 Å². The molecule has 31 heavy (non-hydrogen) atoms. The van der Waals surface area contributed by atoms with E-state index in [9.17, 15) is 13.6 Å². The molecule has 4 rings (SSSR count). The van der Waals surface area contributed by atoms with Gasteiger partial charge < -0.3 is 9.73 Å². The van der Waals surface area contributed by atoms with Crippen LogP contribution in [0.5, 0.6) is 0 Å². The number of halogens is 2. The van der Waals surface area contributed by atoms with Gasteiger partial charge in [-0.1, -0.05) is 35.5 Å². The van der Waals surface area contributed by atoms with Crippen LogP contribution < -0.4 is 5.32 Å². The van der Waals surface area contributed by atoms with Gasteiger partial charge in [0.2, 0.25) is 5.91 Å². The average Bonchev–Trinajstić information content (AvgIpc) is 3.39. The molecule has 2 aromatic heterocycles. The highest BCUT2D eigenvalue weighted by atomic mass is 32.2. The van der Waals surface area contributed by atoms with Crippen molar-refractivity contribution in [3.05, 3.63) is 83.8 Å². The number of carbonyl (C=O) groups is 1. The van der Waals surface area contributed by atoms with Gasteiger partial charge in [0.1, 0.15) is 17.4 Å². The number of anilines is 1. The number of nitrogens with one attached hydrogen (secondary N) is 1. The van der Waals surface area contributed by atoms with Gasteiger partial charge in [0.25, 0.3) is 0 Å². The topological polar surface area (TPSA) is 73.0 Å². The molecular weight excluding hydrogens is 422 g/mol. The minimum atomic E-state index is -0.832. The predicted molar refractivity (Wildman–Crippen MR) is 114 cm³/mol. The molecule has 0 radical (unpaired) electrons. The molecule has 0 saturated heterocycles. The van der Waals surface area contributed by atoms with Gasteiger partial charge in [-0.05, 0) is 37.3 Å². The molecule has 2 aromatic carbocycles. The molecule has 4 aromatic rings. The van der Waals surface area contributed by atoms with Crippen molar-refractivity contribution in [3.63, 3.8) is 0 Å². The van der Waals surface area contributed by atoms with Crippen molar-refractivity contribution in [1.82, 2.24) is 14.8 Å². The molecular formula is C22H18F2N4O2S. The predicted octanol–water partition coefficient (Wildman–Crippen LogP) is 4.90. The molecule has 1 amide bonds. The molecule has 0 fully saturated rings. The van der Waals surface area contributed by atoms with Crippen LogP contribution in [0.15, 0.2) is 70.4 Å². The molecule has 9 heteroatoms. The Morgan fingerprint density at radius 2 is 2.00 bits per heavy atom. The fourth-order valence-corrected chi connectivity index (χ4v) is 3.74.